The third kappa shape index (κ3) is 2.71. The first-order chi connectivity index (χ1) is 11.6. The number of rotatable bonds is 3. The maximum Gasteiger partial charge on any atom is 0.226 e. The van der Waals surface area contributed by atoms with Gasteiger partial charge in [0.15, 0.2) is 0 Å². The Hall–Kier alpha value is -2.21. The molecule has 5 nitrogen and oxygen atoms in total. The van der Waals surface area contributed by atoms with Crippen molar-refractivity contribution < 1.29 is 14.3 Å². The van der Waals surface area contributed by atoms with E-state index < -0.39 is 5.60 Å². The molecule has 2 heterocycles. The molecule has 1 amide bonds. The van der Waals surface area contributed by atoms with Crippen LogP contribution in [0, 0.1) is 11.7 Å². The number of hydrogen-bond acceptors (Lipinski definition) is 3. The lowest BCUT2D eigenvalue weighted by Crippen LogP contribution is -2.46. The number of piperidine rings is 1. The Morgan fingerprint density at radius 1 is 1.33 bits per heavy atom. The summed E-state index contributed by atoms with van der Waals surface area (Å²) in [6.07, 6.45) is 3.40. The van der Waals surface area contributed by atoms with Crippen LogP contribution in [-0.4, -0.2) is 39.2 Å². The summed E-state index contributed by atoms with van der Waals surface area (Å²) >= 11 is 0. The number of likely N-dealkylation sites (tertiary alicyclic amines) is 1. The summed E-state index contributed by atoms with van der Waals surface area (Å²) in [6, 6.07) is 8.29. The molecule has 24 heavy (non-hydrogen) atoms. The van der Waals surface area contributed by atoms with E-state index in [2.05, 4.69) is 10.2 Å². The minimum atomic E-state index is -0.932. The van der Waals surface area contributed by atoms with Gasteiger partial charge in [0.25, 0.3) is 0 Å². The number of halogens is 1. The zero-order valence-electron chi connectivity index (χ0n) is 13.3. The Labute approximate surface area is 139 Å². The summed E-state index contributed by atoms with van der Waals surface area (Å²) < 4.78 is 13.3. The van der Waals surface area contributed by atoms with Crippen molar-refractivity contribution in [2.24, 2.45) is 5.92 Å². The molecule has 6 heteroatoms. The molecule has 2 aromatic rings. The van der Waals surface area contributed by atoms with Crippen molar-refractivity contribution in [1.82, 2.24) is 15.1 Å². The number of nitrogens with zero attached hydrogens (tertiary/aromatic N) is 2. The van der Waals surface area contributed by atoms with Crippen LogP contribution in [0.1, 0.15) is 36.4 Å². The molecule has 1 aliphatic carbocycles. The normalized spacial score (nSPS) is 25.5. The summed E-state index contributed by atoms with van der Waals surface area (Å²) in [7, 11) is 0. The third-order valence-corrected chi connectivity index (χ3v) is 5.29. The number of hydrogen-bond donors (Lipinski definition) is 2. The molecule has 1 saturated heterocycles. The highest BCUT2D eigenvalue weighted by Crippen LogP contribution is 2.49. The summed E-state index contributed by atoms with van der Waals surface area (Å²) in [5.41, 5.74) is 0.677. The first kappa shape index (κ1) is 15.3. The van der Waals surface area contributed by atoms with E-state index >= 15 is 0 Å². The van der Waals surface area contributed by atoms with Crippen molar-refractivity contribution in [3.05, 3.63) is 53.6 Å². The van der Waals surface area contributed by atoms with Crippen molar-refractivity contribution in [3.63, 3.8) is 0 Å². The fourth-order valence-corrected chi connectivity index (χ4v) is 3.69. The summed E-state index contributed by atoms with van der Waals surface area (Å²) in [6.45, 7) is 1.06. The van der Waals surface area contributed by atoms with Crippen LogP contribution in [-0.2, 0) is 10.4 Å². The van der Waals surface area contributed by atoms with Gasteiger partial charge >= 0.3 is 0 Å². The van der Waals surface area contributed by atoms with E-state index in [1.165, 1.54) is 12.1 Å². The van der Waals surface area contributed by atoms with Crippen LogP contribution in [0.2, 0.25) is 0 Å². The van der Waals surface area contributed by atoms with E-state index in [4.69, 9.17) is 0 Å². The Balaban J connectivity index is 1.38. The summed E-state index contributed by atoms with van der Waals surface area (Å²) in [5, 5.41) is 17.4. The lowest BCUT2D eigenvalue weighted by atomic mass is 9.88. The molecule has 4 rings (SSSR count). The van der Waals surface area contributed by atoms with Gasteiger partial charge in [-0.3, -0.25) is 9.89 Å². The van der Waals surface area contributed by atoms with Gasteiger partial charge in [0.2, 0.25) is 5.91 Å². The van der Waals surface area contributed by atoms with E-state index in [0.717, 1.165) is 12.0 Å². The highest BCUT2D eigenvalue weighted by Gasteiger charge is 2.47. The molecule has 2 atom stereocenters. The largest absolute Gasteiger partial charge is 0.383 e. The number of aromatic amines is 1. The van der Waals surface area contributed by atoms with E-state index in [1.54, 1.807) is 18.3 Å². The number of carbonyl (C=O) groups is 1. The van der Waals surface area contributed by atoms with Crippen molar-refractivity contribution in [3.8, 4) is 0 Å². The average Bonchev–Trinajstić information content (AvgIpc) is 3.18. The Morgan fingerprint density at radius 3 is 2.79 bits per heavy atom. The monoisotopic (exact) mass is 329 g/mol. The molecular weight excluding hydrogens is 309 g/mol. The fraction of sp³-hybridized carbons (Fsp3) is 0.444. The van der Waals surface area contributed by atoms with Crippen LogP contribution in [0.5, 0.6) is 0 Å². The molecule has 0 spiro atoms. The zero-order valence-corrected chi connectivity index (χ0v) is 13.3. The molecule has 1 saturated carbocycles. The molecule has 0 radical (unpaired) electrons. The van der Waals surface area contributed by atoms with Crippen LogP contribution in [0.25, 0.3) is 0 Å². The van der Waals surface area contributed by atoms with Gasteiger partial charge in [0, 0.05) is 25.2 Å². The Bertz CT molecular complexity index is 738. The van der Waals surface area contributed by atoms with Gasteiger partial charge < -0.3 is 10.0 Å². The van der Waals surface area contributed by atoms with Gasteiger partial charge in [-0.2, -0.15) is 5.10 Å². The standard InChI is InChI=1S/C18H20FN3O2/c19-13-3-1-2-12(10-13)14-11-15(14)17(23)22-8-5-18(24,6-9-22)16-4-7-20-21-16/h1-4,7,10,14-15,24H,5-6,8-9,11H2,(H,20,21)/t14-,15+/m0/s1. The van der Waals surface area contributed by atoms with Gasteiger partial charge in [-0.1, -0.05) is 12.1 Å². The Kier molecular flexibility index (Phi) is 3.64. The van der Waals surface area contributed by atoms with Gasteiger partial charge in [-0.25, -0.2) is 4.39 Å². The number of H-pyrrole nitrogens is 1. The minimum Gasteiger partial charge on any atom is -0.383 e. The molecule has 2 aliphatic rings. The highest BCUT2D eigenvalue weighted by atomic mass is 19.1. The molecule has 0 bridgehead atoms. The maximum absolute atomic E-state index is 13.3. The first-order valence-corrected chi connectivity index (χ1v) is 8.33. The number of amides is 1. The fourth-order valence-electron chi connectivity index (χ4n) is 3.69. The number of aliphatic hydroxyl groups is 1. The number of carbonyl (C=O) groups excluding carboxylic acids is 1. The third-order valence-electron chi connectivity index (χ3n) is 5.29. The predicted molar refractivity (Wildman–Crippen MR) is 85.5 cm³/mol. The molecule has 1 aromatic carbocycles. The van der Waals surface area contributed by atoms with Crippen LogP contribution in [0.3, 0.4) is 0 Å². The van der Waals surface area contributed by atoms with Gasteiger partial charge in [0.05, 0.1) is 5.69 Å². The van der Waals surface area contributed by atoms with Gasteiger partial charge in [0.1, 0.15) is 11.4 Å². The molecule has 1 aliphatic heterocycles. The number of nitrogens with one attached hydrogen (secondary N) is 1. The highest BCUT2D eigenvalue weighted by molar-refractivity contribution is 5.83. The summed E-state index contributed by atoms with van der Waals surface area (Å²) in [4.78, 5) is 14.5. The molecule has 126 valence electrons. The van der Waals surface area contributed by atoms with E-state index in [9.17, 15) is 14.3 Å². The Morgan fingerprint density at radius 2 is 2.12 bits per heavy atom. The van der Waals surface area contributed by atoms with Gasteiger partial charge in [-0.05, 0) is 48.9 Å². The SMILES string of the molecule is O=C([C@@H]1C[C@H]1c1cccc(F)c1)N1CCC(O)(c2ccn[nH]2)CC1. The molecule has 0 unspecified atom stereocenters. The second kappa shape index (κ2) is 5.70. The molecule has 2 N–H and O–H groups in total. The zero-order chi connectivity index (χ0) is 16.7. The quantitative estimate of drug-likeness (QED) is 0.907. The van der Waals surface area contributed by atoms with Crippen molar-refractivity contribution >= 4 is 5.91 Å². The average molecular weight is 329 g/mol. The van der Waals surface area contributed by atoms with Crippen LogP contribution >= 0.6 is 0 Å². The lowest BCUT2D eigenvalue weighted by molar-refractivity contribution is -0.137. The molecular formula is C18H20FN3O2. The smallest absolute Gasteiger partial charge is 0.226 e. The second-order valence-electron chi connectivity index (χ2n) is 6.83. The molecule has 2 fully saturated rings. The summed E-state index contributed by atoms with van der Waals surface area (Å²) in [5.74, 6) is -0.0594. The lowest BCUT2D eigenvalue weighted by Gasteiger charge is -2.37. The first-order valence-electron chi connectivity index (χ1n) is 8.33. The minimum absolute atomic E-state index is 0.0508. The molecule has 1 aromatic heterocycles. The predicted octanol–water partition coefficient (Wildman–Crippen LogP) is 2.16. The van der Waals surface area contributed by atoms with Crippen molar-refractivity contribution in [1.29, 1.82) is 0 Å². The number of aromatic nitrogens is 2. The topological polar surface area (TPSA) is 69.2 Å². The second-order valence-corrected chi connectivity index (χ2v) is 6.83. The van der Waals surface area contributed by atoms with Crippen LogP contribution in [0.15, 0.2) is 36.5 Å². The van der Waals surface area contributed by atoms with E-state index in [-0.39, 0.29) is 23.6 Å². The van der Waals surface area contributed by atoms with Crippen LogP contribution in [0.4, 0.5) is 4.39 Å². The maximum atomic E-state index is 13.3. The van der Waals surface area contributed by atoms with Gasteiger partial charge in [-0.15, -0.1) is 0 Å². The number of benzene rings is 1. The van der Waals surface area contributed by atoms with Crippen molar-refractivity contribution in [2.45, 2.75) is 30.8 Å². The van der Waals surface area contributed by atoms with E-state index in [1.807, 2.05) is 11.0 Å². The van der Waals surface area contributed by atoms with Crippen molar-refractivity contribution in [2.75, 3.05) is 13.1 Å². The van der Waals surface area contributed by atoms with Crippen LogP contribution < -0.4 is 0 Å². The van der Waals surface area contributed by atoms with E-state index in [0.29, 0.717) is 31.6 Å².